The van der Waals surface area contributed by atoms with Gasteiger partial charge >= 0.3 is 41.9 Å². The van der Waals surface area contributed by atoms with Crippen molar-refractivity contribution in [3.63, 3.8) is 0 Å². The number of carboxylic acid groups (broad SMARTS) is 2. The molecular weight excluding hydrogens is 1680 g/mol. The predicted octanol–water partition coefficient (Wildman–Crippen LogP) is 6.17. The molecule has 37 nitrogen and oxygen atoms in total. The van der Waals surface area contributed by atoms with E-state index in [4.69, 9.17) is 86.5 Å². The third-order valence-electron chi connectivity index (χ3n) is 25.5. The van der Waals surface area contributed by atoms with Crippen LogP contribution in [0.15, 0.2) is 70.6 Å². The summed E-state index contributed by atoms with van der Waals surface area (Å²) in [4.78, 5) is 166. The molecule has 8 aliphatic rings. The van der Waals surface area contributed by atoms with Crippen molar-refractivity contribution >= 4 is 75.5 Å². The minimum Gasteiger partial charge on any atom is -0.480 e. The number of nitrogens with one attached hydrogen (secondary N) is 2. The van der Waals surface area contributed by atoms with E-state index >= 15 is 0 Å². The Kier molecular flexibility index (Phi) is 31.6. The average molecular weight is 1790 g/mol. The minimum absolute atomic E-state index is 0.0849. The maximum Gasteiger partial charge on any atom is 0.415 e. The number of carboxylic acids is 2. The highest BCUT2D eigenvalue weighted by Gasteiger charge is 2.53. The molecule has 0 spiro atoms. The first-order valence-electron chi connectivity index (χ1n) is 44.9. The van der Waals surface area contributed by atoms with Crippen LogP contribution in [0.4, 0.5) is 4.79 Å². The summed E-state index contributed by atoms with van der Waals surface area (Å²) in [6.07, 6.45) is 11.8. The Morgan fingerprint density at radius 1 is 0.481 bits per heavy atom. The van der Waals surface area contributed by atoms with Gasteiger partial charge in [-0.2, -0.15) is 0 Å². The molecule has 37 heteroatoms. The van der Waals surface area contributed by atoms with Gasteiger partial charge in [0.25, 0.3) is 11.1 Å². The SMILES string of the molecule is C=C(Oc1ccc2nc3c(c(CC)c2c1)Cn1c-3cc2c(c1=O)COC(=O)C2(CC)OC(=O)CNC(=O)COCCOCC(COCCOCC(=O)O)(COCCOCC(=O)O)COCCOCC(=O)NCC(=O)OC1(CC)C(=O)OCc2c1cc1n(c2=O)Cc2c-1nc1ccc(OC(=O)N3CCC(N4CCCCC4)CC3)cc1c2CC)N1CCC(N2CCCCC2)CC1. The third-order valence-corrected chi connectivity index (χ3v) is 25.5. The molecule has 3 amide bonds. The fourth-order valence-corrected chi connectivity index (χ4v) is 18.8. The first-order chi connectivity index (χ1) is 62.5. The van der Waals surface area contributed by atoms with Gasteiger partial charge in [-0.1, -0.05) is 40.5 Å². The van der Waals surface area contributed by atoms with Crippen LogP contribution < -0.4 is 31.2 Å². The van der Waals surface area contributed by atoms with Crippen LogP contribution >= 0.6 is 0 Å². The van der Waals surface area contributed by atoms with Crippen molar-refractivity contribution in [2.45, 2.75) is 167 Å². The Morgan fingerprint density at radius 3 is 1.25 bits per heavy atom. The molecule has 0 bridgehead atoms. The number of rotatable bonds is 44. The number of piperidine rings is 4. The van der Waals surface area contributed by atoms with Crippen LogP contribution in [-0.4, -0.2) is 286 Å². The number of aliphatic carboxylic acids is 2. The molecular formula is C92H116N10O27. The highest BCUT2D eigenvalue weighted by Crippen LogP contribution is 2.46. The number of pyridine rings is 4. The van der Waals surface area contributed by atoms with Gasteiger partial charge < -0.3 is 116 Å². The zero-order valence-corrected chi connectivity index (χ0v) is 73.8. The highest BCUT2D eigenvalue weighted by atomic mass is 16.6. The van der Waals surface area contributed by atoms with Gasteiger partial charge in [0.1, 0.15) is 64.2 Å². The molecule has 0 radical (unpaired) electrons. The van der Waals surface area contributed by atoms with Gasteiger partial charge in [-0.05, 0) is 169 Å². The van der Waals surface area contributed by atoms with Crippen molar-refractivity contribution in [1.82, 2.24) is 49.3 Å². The average Bonchev–Trinajstić information content (AvgIpc) is 1.62. The van der Waals surface area contributed by atoms with Crippen molar-refractivity contribution in [3.8, 4) is 34.3 Å². The fraction of sp³-hybridized carbons (Fsp3) is 0.576. The second-order valence-corrected chi connectivity index (χ2v) is 33.7. The van der Waals surface area contributed by atoms with Gasteiger partial charge in [-0.15, -0.1) is 0 Å². The standard InChI is InChI=1S/C92H116N10O27/c1-6-63-65-40-61(126-58(5)97-28-20-59(21-29-97)98-24-12-10-13-25-98)16-18-73(65)95-83-67(63)46-101-75(83)42-71-69(85(101)111)48-124-87(113)91(71,8-3)128-81(109)44-93-77(103)50-116-32-36-120-54-90(56-122-38-34-118-52-79(105)106,57-123-39-35-119-53-80(107)108)55-121-37-33-117-51-78(104)94-45-82(110)129-92(9-4)72-43-76-84-68(47-102(76)86(112)70(72)49-125-88(92)114)64(7-2)66-41-62(17-19-74(66)96-84)127-89(115)100-30-22-60(23-31-100)99-26-14-11-15-27-99/h16-19,40-43,59-60H,5-15,20-39,44-57H2,1-4H3,(H,93,103)(H,94,104)(H,105,106)(H,107,108). The molecule has 0 aliphatic carbocycles. The number of aryl methyl sites for hydroxylation is 2. The molecule has 2 unspecified atom stereocenters. The number of carbonyl (C=O) groups is 9. The molecule has 4 aromatic heterocycles. The van der Waals surface area contributed by atoms with Gasteiger partial charge in [0.05, 0.1) is 143 Å². The summed E-state index contributed by atoms with van der Waals surface area (Å²) in [5, 5.41) is 24.8. The van der Waals surface area contributed by atoms with E-state index in [9.17, 15) is 52.7 Å². The number of likely N-dealkylation sites (tertiary alicyclic amines) is 4. The van der Waals surface area contributed by atoms with E-state index in [2.05, 4.69) is 31.9 Å². The molecule has 4 fully saturated rings. The number of amides is 3. The van der Waals surface area contributed by atoms with E-state index in [1.54, 1.807) is 58.2 Å². The van der Waals surface area contributed by atoms with Crippen LogP contribution in [0.25, 0.3) is 44.6 Å². The minimum atomic E-state index is -2.09. The van der Waals surface area contributed by atoms with Crippen LogP contribution in [-0.2, 0) is 146 Å². The summed E-state index contributed by atoms with van der Waals surface area (Å²) in [5.74, 6) is -6.15. The number of hydrogen-bond donors (Lipinski definition) is 4. The Hall–Kier alpha value is -10.9. The zero-order valence-electron chi connectivity index (χ0n) is 73.8. The molecule has 6 aromatic rings. The normalized spacial score (nSPS) is 18.8. The molecule has 129 heavy (non-hydrogen) atoms. The Morgan fingerprint density at radius 2 is 0.860 bits per heavy atom. The Labute approximate surface area is 745 Å². The molecule has 12 heterocycles. The van der Waals surface area contributed by atoms with Crippen molar-refractivity contribution in [1.29, 1.82) is 0 Å². The summed E-state index contributed by atoms with van der Waals surface area (Å²) in [6, 6.07) is 15.3. The smallest absolute Gasteiger partial charge is 0.415 e. The lowest BCUT2D eigenvalue weighted by Gasteiger charge is -2.41. The van der Waals surface area contributed by atoms with Crippen LogP contribution in [0.1, 0.15) is 149 Å². The summed E-state index contributed by atoms with van der Waals surface area (Å²) in [7, 11) is 0. The lowest BCUT2D eigenvalue weighted by Crippen LogP contribution is -2.48. The third kappa shape index (κ3) is 21.8. The lowest BCUT2D eigenvalue weighted by molar-refractivity contribution is -0.189. The zero-order chi connectivity index (χ0) is 90.9. The lowest BCUT2D eigenvalue weighted by atomic mass is 9.85. The van der Waals surface area contributed by atoms with Crippen molar-refractivity contribution in [3.05, 3.63) is 126 Å². The first kappa shape index (κ1) is 94.3. The molecule has 2 atom stereocenters. The van der Waals surface area contributed by atoms with Gasteiger partial charge in [0, 0.05) is 71.3 Å². The number of benzene rings is 2. The number of ether oxygens (including phenoxy) is 14. The summed E-state index contributed by atoms with van der Waals surface area (Å²) in [6.45, 7) is 13.2. The molecule has 4 saturated heterocycles. The number of cyclic esters (lactones) is 2. The van der Waals surface area contributed by atoms with Crippen LogP contribution in [0.3, 0.4) is 0 Å². The maximum atomic E-state index is 14.6. The highest BCUT2D eigenvalue weighted by molar-refractivity contribution is 5.94. The largest absolute Gasteiger partial charge is 0.480 e. The van der Waals surface area contributed by atoms with E-state index < -0.39 is 121 Å². The summed E-state index contributed by atoms with van der Waals surface area (Å²) >= 11 is 0. The fourth-order valence-electron chi connectivity index (χ4n) is 18.8. The number of fused-ring (bicyclic) bond motifs is 10. The second-order valence-electron chi connectivity index (χ2n) is 33.7. The Bertz CT molecular complexity index is 4960. The van der Waals surface area contributed by atoms with Gasteiger partial charge in [0.15, 0.2) is 5.88 Å². The van der Waals surface area contributed by atoms with E-state index in [1.165, 1.54) is 38.5 Å². The molecule has 696 valence electrons. The van der Waals surface area contributed by atoms with Crippen molar-refractivity contribution in [2.24, 2.45) is 5.41 Å². The van der Waals surface area contributed by atoms with Gasteiger partial charge in [-0.25, -0.2) is 33.9 Å². The maximum absolute atomic E-state index is 14.6. The van der Waals surface area contributed by atoms with Gasteiger partial charge in [-0.3, -0.25) is 28.8 Å². The van der Waals surface area contributed by atoms with Crippen molar-refractivity contribution < 1.29 is 120 Å². The number of esters is 4. The predicted molar refractivity (Wildman–Crippen MR) is 462 cm³/mol. The second kappa shape index (κ2) is 43.2. The molecule has 2 aromatic carbocycles. The number of hydrogen-bond acceptors (Lipinski definition) is 30. The first-order valence-corrected chi connectivity index (χ1v) is 44.9. The monoisotopic (exact) mass is 1790 g/mol. The number of nitrogens with zero attached hydrogens (tertiary/aromatic N) is 8. The summed E-state index contributed by atoms with van der Waals surface area (Å²) in [5.41, 5.74) is 0.877. The topological polar surface area (TPSA) is 430 Å². The number of aromatic nitrogens is 4. The van der Waals surface area contributed by atoms with Crippen LogP contribution in [0.2, 0.25) is 0 Å². The molecule has 4 N–H and O–H groups in total. The van der Waals surface area contributed by atoms with Crippen LogP contribution in [0, 0.1) is 5.41 Å². The van der Waals surface area contributed by atoms with E-state index in [0.717, 1.165) is 98.0 Å². The van der Waals surface area contributed by atoms with E-state index in [-0.39, 0.29) is 141 Å². The number of carbonyl (C=O) groups excluding carboxylic acids is 7. The van der Waals surface area contributed by atoms with E-state index in [0.29, 0.717) is 89.2 Å². The van der Waals surface area contributed by atoms with Gasteiger partial charge in [0.2, 0.25) is 23.0 Å². The molecule has 8 aliphatic heterocycles. The Balaban J connectivity index is 0.550. The molecule has 0 saturated carbocycles. The van der Waals surface area contributed by atoms with Crippen LogP contribution in [0.5, 0.6) is 11.5 Å². The quantitative estimate of drug-likeness (QED) is 0.0143. The summed E-state index contributed by atoms with van der Waals surface area (Å²) < 4.78 is 84.2. The van der Waals surface area contributed by atoms with E-state index in [1.807, 2.05) is 32.0 Å². The van der Waals surface area contributed by atoms with Crippen molar-refractivity contribution in [2.75, 3.05) is 171 Å². The molecule has 14 rings (SSSR count).